The Morgan fingerprint density at radius 2 is 1.64 bits per heavy atom. The summed E-state index contributed by atoms with van der Waals surface area (Å²) in [5.41, 5.74) is -0.142. The van der Waals surface area contributed by atoms with E-state index in [1.54, 1.807) is 0 Å². The summed E-state index contributed by atoms with van der Waals surface area (Å²) in [6.45, 7) is 5.92. The van der Waals surface area contributed by atoms with Crippen LogP contribution in [0.4, 0.5) is 0 Å². The summed E-state index contributed by atoms with van der Waals surface area (Å²) in [5, 5.41) is 0. The smallest absolute Gasteiger partial charge is 0.187 e. The third kappa shape index (κ3) is 6.70. The molecule has 0 saturated heterocycles. The van der Waals surface area contributed by atoms with E-state index in [9.17, 15) is 4.79 Å². The van der Waals surface area contributed by atoms with Crippen LogP contribution in [0.2, 0.25) is 0 Å². The van der Waals surface area contributed by atoms with Crippen LogP contribution in [0.15, 0.2) is 0 Å². The van der Waals surface area contributed by atoms with E-state index in [4.69, 9.17) is 0 Å². The minimum absolute atomic E-state index is 0. The summed E-state index contributed by atoms with van der Waals surface area (Å²) in [4.78, 5) is 11.3. The fourth-order valence-electron chi connectivity index (χ4n) is 0.479. The third-order valence-electron chi connectivity index (χ3n) is 1.26. The van der Waals surface area contributed by atoms with Crippen molar-refractivity contribution in [3.63, 3.8) is 0 Å². The highest BCUT2D eigenvalue weighted by Gasteiger charge is 2.25. The fraction of sp³-hybridized carbons (Fsp3) is 0.875. The minimum atomic E-state index is -0.142. The van der Waals surface area contributed by atoms with Gasteiger partial charge in [0.2, 0.25) is 0 Å². The molecule has 0 unspecified atom stereocenters. The molecule has 0 aliphatic rings. The van der Waals surface area contributed by atoms with Crippen molar-refractivity contribution in [2.75, 3.05) is 18.3 Å². The highest BCUT2D eigenvalue weighted by molar-refractivity contribution is 7.96. The molecule has 0 N–H and O–H groups in total. The Morgan fingerprint density at radius 1 is 1.27 bits per heavy atom. The van der Waals surface area contributed by atoms with Crippen LogP contribution in [0.25, 0.3) is 0 Å². The zero-order chi connectivity index (χ0) is 8.36. The highest BCUT2D eigenvalue weighted by atomic mass is 35.5. The first-order chi connectivity index (χ1) is 4.34. The fourth-order valence-corrected chi connectivity index (χ4v) is 1.44. The zero-order valence-corrected chi connectivity index (χ0v) is 9.47. The van der Waals surface area contributed by atoms with Gasteiger partial charge in [0.05, 0.1) is 12.5 Å². The van der Waals surface area contributed by atoms with Crippen molar-refractivity contribution < 1.29 is 17.2 Å². The monoisotopic (exact) mass is 196 g/mol. The molecule has 0 aromatic heterocycles. The van der Waals surface area contributed by atoms with Crippen LogP contribution in [-0.2, 0) is 15.7 Å². The number of ketones is 1. The predicted molar refractivity (Wildman–Crippen MR) is 48.5 cm³/mol. The average molecular weight is 197 g/mol. The molecule has 0 saturated carbocycles. The van der Waals surface area contributed by atoms with Crippen LogP contribution < -0.4 is 12.4 Å². The lowest BCUT2D eigenvalue weighted by atomic mass is 9.92. The first-order valence-electron chi connectivity index (χ1n) is 3.41. The largest absolute Gasteiger partial charge is 1.00 e. The summed E-state index contributed by atoms with van der Waals surface area (Å²) in [7, 11) is 0.258. The minimum Gasteiger partial charge on any atom is -1.00 e. The highest BCUT2D eigenvalue weighted by Crippen LogP contribution is 2.15. The van der Waals surface area contributed by atoms with E-state index < -0.39 is 0 Å². The first-order valence-corrected chi connectivity index (χ1v) is 5.62. The van der Waals surface area contributed by atoms with Crippen LogP contribution in [0.5, 0.6) is 0 Å². The number of hydrogen-bond donors (Lipinski definition) is 0. The Morgan fingerprint density at radius 3 is 1.73 bits per heavy atom. The van der Waals surface area contributed by atoms with Gasteiger partial charge in [-0.15, -0.1) is 0 Å². The van der Waals surface area contributed by atoms with Crippen LogP contribution in [0.3, 0.4) is 0 Å². The Balaban J connectivity index is 0. The van der Waals surface area contributed by atoms with Crippen molar-refractivity contribution in [1.82, 2.24) is 0 Å². The standard InChI is InChI=1S/C8H17OS.ClH/c1-8(2,3)7(9)6-10(4)5;/h6H2,1-5H3;1H/q+1;/p-1. The molecule has 0 bridgehead atoms. The Hall–Kier alpha value is 0.310. The van der Waals surface area contributed by atoms with Gasteiger partial charge in [-0.2, -0.15) is 0 Å². The van der Waals surface area contributed by atoms with Crippen molar-refractivity contribution in [3.05, 3.63) is 0 Å². The van der Waals surface area contributed by atoms with Gasteiger partial charge in [-0.3, -0.25) is 4.79 Å². The van der Waals surface area contributed by atoms with Gasteiger partial charge in [-0.1, -0.05) is 20.8 Å². The van der Waals surface area contributed by atoms with Gasteiger partial charge in [-0.25, -0.2) is 0 Å². The number of carbonyl (C=O) groups excluding carboxylic acids is 1. The van der Waals surface area contributed by atoms with Crippen molar-refractivity contribution in [2.24, 2.45) is 5.41 Å². The summed E-state index contributed by atoms with van der Waals surface area (Å²) >= 11 is 0. The van der Waals surface area contributed by atoms with Crippen molar-refractivity contribution >= 4 is 16.7 Å². The molecule has 0 atom stereocenters. The van der Waals surface area contributed by atoms with Crippen molar-refractivity contribution in [2.45, 2.75) is 20.8 Å². The Bertz CT molecular complexity index is 127. The van der Waals surface area contributed by atoms with Crippen LogP contribution in [0.1, 0.15) is 20.8 Å². The number of rotatable bonds is 2. The second-order valence-electron chi connectivity index (χ2n) is 3.80. The molecule has 3 heteroatoms. The molecule has 0 fully saturated rings. The molecule has 11 heavy (non-hydrogen) atoms. The summed E-state index contributed by atoms with van der Waals surface area (Å²) in [5.74, 6) is 1.12. The van der Waals surface area contributed by atoms with Gasteiger partial charge in [0.25, 0.3) is 0 Å². The lowest BCUT2D eigenvalue weighted by molar-refractivity contribution is -0.123. The van der Waals surface area contributed by atoms with Crippen LogP contribution in [0, 0.1) is 5.41 Å². The molecule has 0 heterocycles. The first kappa shape index (κ1) is 13.9. The number of Topliss-reactive ketones (excluding diaryl/α,β-unsaturated/α-hetero) is 1. The summed E-state index contributed by atoms with van der Waals surface area (Å²) in [6.07, 6.45) is 4.20. The normalized spacial score (nSPS) is 11.1. The second-order valence-corrected chi connectivity index (χ2v) is 6.06. The topological polar surface area (TPSA) is 17.1 Å². The van der Waals surface area contributed by atoms with Crippen LogP contribution >= 0.6 is 0 Å². The molecule has 0 aliphatic carbocycles. The number of hydrogen-bond acceptors (Lipinski definition) is 1. The molecule has 1 nitrogen and oxygen atoms in total. The Labute approximate surface area is 78.7 Å². The molecule has 0 spiro atoms. The van der Waals surface area contributed by atoms with Gasteiger partial charge in [0.1, 0.15) is 0 Å². The molecule has 0 amide bonds. The SMILES string of the molecule is C[S+](C)CC(=O)C(C)(C)C.[Cl-]. The van der Waals surface area contributed by atoms with Gasteiger partial charge < -0.3 is 12.4 Å². The zero-order valence-electron chi connectivity index (χ0n) is 7.90. The van der Waals surface area contributed by atoms with E-state index in [1.165, 1.54) is 0 Å². The van der Waals surface area contributed by atoms with Crippen molar-refractivity contribution in [1.29, 1.82) is 0 Å². The second kappa shape index (κ2) is 5.04. The van der Waals surface area contributed by atoms with E-state index in [0.717, 1.165) is 5.75 Å². The van der Waals surface area contributed by atoms with E-state index >= 15 is 0 Å². The summed E-state index contributed by atoms with van der Waals surface area (Å²) in [6, 6.07) is 0. The van der Waals surface area contributed by atoms with Crippen molar-refractivity contribution in [3.8, 4) is 0 Å². The molecule has 0 radical (unpaired) electrons. The van der Waals surface area contributed by atoms with E-state index in [1.807, 2.05) is 20.8 Å². The third-order valence-corrected chi connectivity index (χ3v) is 2.10. The van der Waals surface area contributed by atoms with E-state index in [0.29, 0.717) is 5.78 Å². The lowest BCUT2D eigenvalue weighted by Crippen LogP contribution is -3.00. The molecule has 0 aliphatic heterocycles. The van der Waals surface area contributed by atoms with E-state index in [-0.39, 0.29) is 28.7 Å². The number of halogens is 1. The molecule has 68 valence electrons. The molecular weight excluding hydrogens is 180 g/mol. The van der Waals surface area contributed by atoms with Gasteiger partial charge in [0, 0.05) is 5.41 Å². The molecule has 0 aromatic carbocycles. The quantitative estimate of drug-likeness (QED) is 0.491. The van der Waals surface area contributed by atoms with Gasteiger partial charge in [-0.05, 0) is 10.9 Å². The van der Waals surface area contributed by atoms with Gasteiger partial charge >= 0.3 is 0 Å². The van der Waals surface area contributed by atoms with E-state index in [2.05, 4.69) is 12.5 Å². The molecule has 0 rings (SSSR count). The summed E-state index contributed by atoms with van der Waals surface area (Å²) < 4.78 is 0. The molecule has 0 aromatic rings. The van der Waals surface area contributed by atoms with Crippen LogP contribution in [-0.4, -0.2) is 24.0 Å². The maximum atomic E-state index is 11.3. The maximum absolute atomic E-state index is 11.3. The maximum Gasteiger partial charge on any atom is 0.187 e. The molecular formula is C8H17ClOS. The van der Waals surface area contributed by atoms with Gasteiger partial charge in [0.15, 0.2) is 11.5 Å². The lowest BCUT2D eigenvalue weighted by Gasteiger charge is -2.14. The predicted octanol–water partition coefficient (Wildman–Crippen LogP) is -1.52. The Kier molecular flexibility index (Phi) is 6.36. The number of carbonyl (C=O) groups is 1. The average Bonchev–Trinajstić information content (AvgIpc) is 1.60.